The molecular weight excluding hydrogens is 351 g/mol. The fourth-order valence-electron chi connectivity index (χ4n) is 2.46. The number of nitrogens with zero attached hydrogens (tertiary/aromatic N) is 3. The van der Waals surface area contributed by atoms with E-state index in [0.717, 1.165) is 23.2 Å². The van der Waals surface area contributed by atoms with Gasteiger partial charge in [-0.2, -0.15) is 0 Å². The lowest BCUT2D eigenvalue weighted by Crippen LogP contribution is -2.24. The number of aryl methyl sites for hydroxylation is 1. The highest BCUT2D eigenvalue weighted by atomic mass is 32.2. The molecule has 7 heteroatoms. The Kier molecular flexibility index (Phi) is 5.68. The Morgan fingerprint density at radius 2 is 1.85 bits per heavy atom. The molecule has 0 saturated heterocycles. The van der Waals surface area contributed by atoms with Crippen LogP contribution in [0.2, 0.25) is 0 Å². The molecular formula is C19H19FN4OS. The first-order chi connectivity index (χ1) is 12.6. The number of nitrogens with one attached hydrogen (secondary N) is 1. The molecule has 0 fully saturated rings. The lowest BCUT2D eigenvalue weighted by atomic mass is 10.1. The molecule has 5 nitrogen and oxygen atoms in total. The lowest BCUT2D eigenvalue weighted by Gasteiger charge is -2.11. The molecule has 1 aromatic heterocycles. The zero-order valence-electron chi connectivity index (χ0n) is 14.6. The minimum Gasteiger partial charge on any atom is -0.334 e. The van der Waals surface area contributed by atoms with Crippen molar-refractivity contribution in [2.24, 2.45) is 7.05 Å². The van der Waals surface area contributed by atoms with Gasteiger partial charge in [0.2, 0.25) is 5.82 Å². The number of hydrogen-bond acceptors (Lipinski definition) is 5. The van der Waals surface area contributed by atoms with Crippen LogP contribution in [-0.2, 0) is 19.2 Å². The van der Waals surface area contributed by atoms with Gasteiger partial charge in [-0.25, -0.2) is 4.39 Å². The van der Waals surface area contributed by atoms with E-state index in [4.69, 9.17) is 0 Å². The molecule has 26 heavy (non-hydrogen) atoms. The van der Waals surface area contributed by atoms with Crippen LogP contribution in [-0.4, -0.2) is 14.8 Å². The number of anilines is 2. The Bertz CT molecular complexity index is 956. The second-order valence-corrected chi connectivity index (χ2v) is 6.69. The van der Waals surface area contributed by atoms with Crippen LogP contribution < -0.4 is 10.9 Å². The van der Waals surface area contributed by atoms with Crippen LogP contribution in [0.4, 0.5) is 15.9 Å². The van der Waals surface area contributed by atoms with Crippen LogP contribution in [0, 0.1) is 5.82 Å². The van der Waals surface area contributed by atoms with Crippen LogP contribution in [0.5, 0.6) is 0 Å². The summed E-state index contributed by atoms with van der Waals surface area (Å²) in [6, 6.07) is 14.0. The van der Waals surface area contributed by atoms with E-state index in [1.807, 2.05) is 24.3 Å². The quantitative estimate of drug-likeness (QED) is 0.667. The highest BCUT2D eigenvalue weighted by Gasteiger charge is 2.11. The summed E-state index contributed by atoms with van der Waals surface area (Å²) in [5, 5.41) is 11.8. The zero-order chi connectivity index (χ0) is 18.5. The van der Waals surface area contributed by atoms with Gasteiger partial charge in [-0.05, 0) is 35.7 Å². The van der Waals surface area contributed by atoms with Crippen LogP contribution in [0.1, 0.15) is 18.1 Å². The third-order valence-corrected chi connectivity index (χ3v) is 5.05. The van der Waals surface area contributed by atoms with Crippen molar-refractivity contribution in [2.45, 2.75) is 24.3 Å². The topological polar surface area (TPSA) is 59.8 Å². The third-order valence-electron chi connectivity index (χ3n) is 3.96. The second kappa shape index (κ2) is 8.14. The molecule has 0 bridgehead atoms. The number of para-hydroxylation sites is 1. The highest BCUT2D eigenvalue weighted by Crippen LogP contribution is 2.21. The molecule has 0 atom stereocenters. The van der Waals surface area contributed by atoms with Gasteiger partial charge in [0.1, 0.15) is 5.82 Å². The lowest BCUT2D eigenvalue weighted by molar-refractivity contribution is 0.627. The van der Waals surface area contributed by atoms with Crippen molar-refractivity contribution < 1.29 is 4.39 Å². The van der Waals surface area contributed by atoms with Crippen molar-refractivity contribution in [2.75, 3.05) is 5.32 Å². The standard InChI is InChI=1S/C19H19FN4OS/c1-3-14-6-4-5-7-16(14)21-17-18(25)24(2)19(23-22-17)26-12-13-8-10-15(20)11-9-13/h4-11H,3,12H2,1-2H3,(H,21,22). The summed E-state index contributed by atoms with van der Waals surface area (Å²) in [5.41, 5.74) is 2.66. The molecule has 3 aromatic rings. The van der Waals surface area contributed by atoms with Gasteiger partial charge in [0.15, 0.2) is 5.16 Å². The second-order valence-electron chi connectivity index (χ2n) is 5.75. The van der Waals surface area contributed by atoms with E-state index in [1.54, 1.807) is 19.2 Å². The predicted octanol–water partition coefficient (Wildman–Crippen LogP) is 3.91. The molecule has 1 heterocycles. The molecule has 3 rings (SSSR count). The minimum absolute atomic E-state index is 0.194. The van der Waals surface area contributed by atoms with E-state index in [1.165, 1.54) is 28.5 Å². The van der Waals surface area contributed by atoms with Gasteiger partial charge in [0.25, 0.3) is 5.56 Å². The predicted molar refractivity (Wildman–Crippen MR) is 102 cm³/mol. The summed E-state index contributed by atoms with van der Waals surface area (Å²) in [6.45, 7) is 2.06. The van der Waals surface area contributed by atoms with Crippen molar-refractivity contribution in [1.82, 2.24) is 14.8 Å². The molecule has 0 saturated carbocycles. The summed E-state index contributed by atoms with van der Waals surface area (Å²) in [5.74, 6) is 0.501. The summed E-state index contributed by atoms with van der Waals surface area (Å²) in [7, 11) is 1.67. The van der Waals surface area contributed by atoms with Crippen molar-refractivity contribution in [3.05, 3.63) is 75.8 Å². The van der Waals surface area contributed by atoms with E-state index < -0.39 is 0 Å². The van der Waals surface area contributed by atoms with Crippen molar-refractivity contribution >= 4 is 23.3 Å². The Hall–Kier alpha value is -2.67. The molecule has 0 spiro atoms. The smallest absolute Gasteiger partial charge is 0.297 e. The fraction of sp³-hybridized carbons (Fsp3) is 0.211. The van der Waals surface area contributed by atoms with Crippen LogP contribution in [0.15, 0.2) is 58.5 Å². The maximum atomic E-state index is 13.0. The molecule has 2 aromatic carbocycles. The van der Waals surface area contributed by atoms with E-state index in [9.17, 15) is 9.18 Å². The van der Waals surface area contributed by atoms with Gasteiger partial charge in [-0.15, -0.1) is 10.2 Å². The van der Waals surface area contributed by atoms with Crippen LogP contribution >= 0.6 is 11.8 Å². The van der Waals surface area contributed by atoms with Crippen LogP contribution in [0.3, 0.4) is 0 Å². The van der Waals surface area contributed by atoms with E-state index in [-0.39, 0.29) is 17.2 Å². The number of aromatic nitrogens is 3. The molecule has 0 radical (unpaired) electrons. The van der Waals surface area contributed by atoms with Gasteiger partial charge >= 0.3 is 0 Å². The normalized spacial score (nSPS) is 10.7. The van der Waals surface area contributed by atoms with Gasteiger partial charge in [0.05, 0.1) is 0 Å². The monoisotopic (exact) mass is 370 g/mol. The molecule has 134 valence electrons. The van der Waals surface area contributed by atoms with Crippen molar-refractivity contribution in [3.63, 3.8) is 0 Å². The Balaban J connectivity index is 1.78. The molecule has 0 amide bonds. The maximum absolute atomic E-state index is 13.0. The van der Waals surface area contributed by atoms with E-state index >= 15 is 0 Å². The fourth-order valence-corrected chi connectivity index (χ4v) is 3.32. The Morgan fingerprint density at radius 3 is 2.58 bits per heavy atom. The molecule has 0 unspecified atom stereocenters. The highest BCUT2D eigenvalue weighted by molar-refractivity contribution is 7.98. The van der Waals surface area contributed by atoms with Gasteiger partial charge in [-0.3, -0.25) is 9.36 Å². The molecule has 0 aliphatic heterocycles. The number of thioether (sulfide) groups is 1. The first-order valence-electron chi connectivity index (χ1n) is 8.24. The Labute approximate surface area is 155 Å². The van der Waals surface area contributed by atoms with Gasteiger partial charge < -0.3 is 5.32 Å². The average Bonchev–Trinajstić information content (AvgIpc) is 2.66. The maximum Gasteiger partial charge on any atom is 0.297 e. The van der Waals surface area contributed by atoms with Crippen LogP contribution in [0.25, 0.3) is 0 Å². The summed E-state index contributed by atoms with van der Waals surface area (Å²) < 4.78 is 14.4. The number of benzene rings is 2. The first kappa shape index (κ1) is 18.1. The minimum atomic E-state index is -0.270. The van der Waals surface area contributed by atoms with Gasteiger partial charge in [0, 0.05) is 18.5 Å². The largest absolute Gasteiger partial charge is 0.334 e. The van der Waals surface area contributed by atoms with E-state index in [2.05, 4.69) is 22.4 Å². The first-order valence-corrected chi connectivity index (χ1v) is 9.23. The average molecular weight is 370 g/mol. The Morgan fingerprint density at radius 1 is 1.12 bits per heavy atom. The van der Waals surface area contributed by atoms with E-state index in [0.29, 0.717) is 10.9 Å². The molecule has 1 N–H and O–H groups in total. The van der Waals surface area contributed by atoms with Gasteiger partial charge in [-0.1, -0.05) is 49.0 Å². The third kappa shape index (κ3) is 4.11. The number of hydrogen-bond donors (Lipinski definition) is 1. The summed E-state index contributed by atoms with van der Waals surface area (Å²) in [6.07, 6.45) is 0.850. The number of halogens is 1. The summed E-state index contributed by atoms with van der Waals surface area (Å²) >= 11 is 1.38. The van der Waals surface area contributed by atoms with Crippen molar-refractivity contribution in [1.29, 1.82) is 0 Å². The SMILES string of the molecule is CCc1ccccc1Nc1nnc(SCc2ccc(F)cc2)n(C)c1=O. The summed E-state index contributed by atoms with van der Waals surface area (Å²) in [4.78, 5) is 12.6. The molecule has 0 aliphatic rings. The zero-order valence-corrected chi connectivity index (χ0v) is 15.4. The number of rotatable bonds is 6. The van der Waals surface area contributed by atoms with Crippen molar-refractivity contribution in [3.8, 4) is 0 Å². The molecule has 0 aliphatic carbocycles.